The van der Waals surface area contributed by atoms with Gasteiger partial charge in [-0.25, -0.2) is 4.98 Å². The van der Waals surface area contributed by atoms with Gasteiger partial charge in [0.15, 0.2) is 0 Å². The summed E-state index contributed by atoms with van der Waals surface area (Å²) in [5.74, 6) is -0.131. The lowest BCUT2D eigenvalue weighted by atomic mass is 10.1. The Morgan fingerprint density at radius 1 is 1.47 bits per heavy atom. The van der Waals surface area contributed by atoms with Crippen LogP contribution in [0, 0.1) is 6.92 Å². The molecular weight excluding hydrogens is 234 g/mol. The Kier molecular flexibility index (Phi) is 3.39. The number of hydrogen-bond donors (Lipinski definition) is 2. The van der Waals surface area contributed by atoms with Gasteiger partial charge < -0.3 is 11.1 Å². The number of benzene rings is 1. The van der Waals surface area contributed by atoms with E-state index in [1.54, 1.807) is 11.6 Å². The first-order chi connectivity index (χ1) is 8.15. The van der Waals surface area contributed by atoms with E-state index >= 15 is 0 Å². The number of anilines is 1. The molecule has 0 fully saturated rings. The van der Waals surface area contributed by atoms with E-state index in [0.717, 1.165) is 11.3 Å². The third kappa shape index (κ3) is 3.04. The fourth-order valence-corrected chi connectivity index (χ4v) is 2.10. The third-order valence-electron chi connectivity index (χ3n) is 2.28. The maximum Gasteiger partial charge on any atom is 0.251 e. The Morgan fingerprint density at radius 3 is 2.94 bits per heavy atom. The van der Waals surface area contributed by atoms with E-state index in [1.807, 2.05) is 24.4 Å². The summed E-state index contributed by atoms with van der Waals surface area (Å²) >= 11 is 1.51. The second-order valence-electron chi connectivity index (χ2n) is 3.79. The van der Waals surface area contributed by atoms with Gasteiger partial charge in [-0.2, -0.15) is 0 Å². The van der Waals surface area contributed by atoms with Gasteiger partial charge in [0.05, 0.1) is 17.7 Å². The average molecular weight is 247 g/mol. The number of aromatic nitrogens is 1. The highest BCUT2D eigenvalue weighted by atomic mass is 32.1. The van der Waals surface area contributed by atoms with Crippen LogP contribution in [0.2, 0.25) is 0 Å². The molecule has 3 N–H and O–H groups in total. The summed E-state index contributed by atoms with van der Waals surface area (Å²) in [6, 6.07) is 5.31. The number of nitrogens with two attached hydrogens (primary N) is 1. The minimum absolute atomic E-state index is 0.131. The van der Waals surface area contributed by atoms with Crippen molar-refractivity contribution in [2.24, 2.45) is 0 Å². The molecule has 0 atom stereocenters. The highest BCUT2D eigenvalue weighted by Crippen LogP contribution is 2.11. The van der Waals surface area contributed by atoms with Crippen LogP contribution >= 0.6 is 11.3 Å². The molecule has 1 aromatic heterocycles. The van der Waals surface area contributed by atoms with Gasteiger partial charge in [-0.1, -0.05) is 0 Å². The van der Waals surface area contributed by atoms with E-state index < -0.39 is 0 Å². The van der Waals surface area contributed by atoms with Crippen LogP contribution in [-0.2, 0) is 6.54 Å². The Balaban J connectivity index is 2.04. The molecule has 4 nitrogen and oxygen atoms in total. The van der Waals surface area contributed by atoms with E-state index in [0.29, 0.717) is 17.8 Å². The monoisotopic (exact) mass is 247 g/mol. The van der Waals surface area contributed by atoms with Crippen molar-refractivity contribution < 1.29 is 4.79 Å². The van der Waals surface area contributed by atoms with Gasteiger partial charge in [0.2, 0.25) is 0 Å². The van der Waals surface area contributed by atoms with Gasteiger partial charge in [0.1, 0.15) is 0 Å². The van der Waals surface area contributed by atoms with E-state index in [1.165, 1.54) is 11.3 Å². The van der Waals surface area contributed by atoms with E-state index in [9.17, 15) is 4.79 Å². The summed E-state index contributed by atoms with van der Waals surface area (Å²) in [5.41, 5.74) is 10.5. The Hall–Kier alpha value is -1.88. The highest BCUT2D eigenvalue weighted by Gasteiger charge is 2.07. The predicted octanol–water partition coefficient (Wildman–Crippen LogP) is 1.96. The van der Waals surface area contributed by atoms with Crippen LogP contribution in [0.5, 0.6) is 0 Å². The minimum atomic E-state index is -0.131. The molecule has 2 rings (SSSR count). The lowest BCUT2D eigenvalue weighted by Crippen LogP contribution is -2.23. The van der Waals surface area contributed by atoms with Crippen LogP contribution < -0.4 is 11.1 Å². The molecule has 0 aliphatic carbocycles. The van der Waals surface area contributed by atoms with Gasteiger partial charge in [-0.3, -0.25) is 4.79 Å². The molecule has 17 heavy (non-hydrogen) atoms. The van der Waals surface area contributed by atoms with E-state index in [2.05, 4.69) is 10.3 Å². The molecule has 0 spiro atoms. The first kappa shape index (κ1) is 11.6. The lowest BCUT2D eigenvalue weighted by molar-refractivity contribution is 0.0950. The van der Waals surface area contributed by atoms with Gasteiger partial charge >= 0.3 is 0 Å². The standard InChI is InChI=1S/C12H13N3OS/c1-8-2-9(4-10(13)3-8)12(16)14-5-11-6-17-7-15-11/h2-4,6-7H,5,13H2,1H3,(H,14,16). The predicted molar refractivity (Wildman–Crippen MR) is 68.9 cm³/mol. The molecular formula is C12H13N3OS. The molecule has 0 aliphatic heterocycles. The number of carbonyl (C=O) groups excluding carboxylic acids is 1. The summed E-state index contributed by atoms with van der Waals surface area (Å²) in [6.45, 7) is 2.35. The Morgan fingerprint density at radius 2 is 2.29 bits per heavy atom. The van der Waals surface area contributed by atoms with Crippen LogP contribution in [0.4, 0.5) is 5.69 Å². The number of amides is 1. The van der Waals surface area contributed by atoms with Crippen molar-refractivity contribution in [1.82, 2.24) is 10.3 Å². The van der Waals surface area contributed by atoms with Crippen LogP contribution in [0.25, 0.3) is 0 Å². The summed E-state index contributed by atoms with van der Waals surface area (Å²) in [4.78, 5) is 15.9. The molecule has 1 amide bonds. The molecule has 0 aliphatic rings. The van der Waals surface area contributed by atoms with Gasteiger partial charge in [0, 0.05) is 16.6 Å². The summed E-state index contributed by atoms with van der Waals surface area (Å²) in [6.07, 6.45) is 0. The summed E-state index contributed by atoms with van der Waals surface area (Å²) in [5, 5.41) is 4.71. The second kappa shape index (κ2) is 4.97. The van der Waals surface area contributed by atoms with Crippen LogP contribution in [0.15, 0.2) is 29.1 Å². The fraction of sp³-hybridized carbons (Fsp3) is 0.167. The van der Waals surface area contributed by atoms with Crippen molar-refractivity contribution in [3.05, 3.63) is 45.9 Å². The van der Waals surface area contributed by atoms with Crippen molar-refractivity contribution in [2.45, 2.75) is 13.5 Å². The summed E-state index contributed by atoms with van der Waals surface area (Å²) in [7, 11) is 0. The van der Waals surface area contributed by atoms with Crippen molar-refractivity contribution >= 4 is 22.9 Å². The van der Waals surface area contributed by atoms with E-state index in [4.69, 9.17) is 5.73 Å². The minimum Gasteiger partial charge on any atom is -0.399 e. The molecule has 5 heteroatoms. The molecule has 0 saturated carbocycles. The SMILES string of the molecule is Cc1cc(N)cc(C(=O)NCc2cscn2)c1. The van der Waals surface area contributed by atoms with Crippen molar-refractivity contribution in [3.8, 4) is 0 Å². The average Bonchev–Trinajstić information content (AvgIpc) is 2.77. The first-order valence-corrected chi connectivity index (χ1v) is 6.12. The number of nitrogens with one attached hydrogen (secondary N) is 1. The van der Waals surface area contributed by atoms with Crippen LogP contribution in [-0.4, -0.2) is 10.9 Å². The lowest BCUT2D eigenvalue weighted by Gasteiger charge is -2.05. The third-order valence-corrected chi connectivity index (χ3v) is 2.91. The molecule has 0 saturated heterocycles. The number of carbonyl (C=O) groups is 1. The largest absolute Gasteiger partial charge is 0.399 e. The smallest absolute Gasteiger partial charge is 0.251 e. The Labute approximate surface area is 103 Å². The topological polar surface area (TPSA) is 68.0 Å². The van der Waals surface area contributed by atoms with Crippen molar-refractivity contribution in [2.75, 3.05) is 5.73 Å². The van der Waals surface area contributed by atoms with Gasteiger partial charge in [0.25, 0.3) is 5.91 Å². The Bertz CT molecular complexity index is 502. The first-order valence-electron chi connectivity index (χ1n) is 5.17. The highest BCUT2D eigenvalue weighted by molar-refractivity contribution is 7.07. The number of hydrogen-bond acceptors (Lipinski definition) is 4. The molecule has 0 radical (unpaired) electrons. The number of rotatable bonds is 3. The molecule has 88 valence electrons. The normalized spacial score (nSPS) is 10.2. The molecule has 1 heterocycles. The maximum absolute atomic E-state index is 11.9. The molecule has 2 aromatic rings. The van der Waals surface area contributed by atoms with Gasteiger partial charge in [-0.15, -0.1) is 11.3 Å². The number of nitrogens with zero attached hydrogens (tertiary/aromatic N) is 1. The van der Waals surface area contributed by atoms with Crippen molar-refractivity contribution in [3.63, 3.8) is 0 Å². The number of nitrogen functional groups attached to an aromatic ring is 1. The molecule has 1 aromatic carbocycles. The number of thiazole rings is 1. The molecule has 0 bridgehead atoms. The maximum atomic E-state index is 11.9. The molecule has 0 unspecified atom stereocenters. The van der Waals surface area contributed by atoms with Crippen LogP contribution in [0.3, 0.4) is 0 Å². The van der Waals surface area contributed by atoms with Gasteiger partial charge in [-0.05, 0) is 30.7 Å². The zero-order valence-corrected chi connectivity index (χ0v) is 10.3. The zero-order valence-electron chi connectivity index (χ0n) is 9.43. The summed E-state index contributed by atoms with van der Waals surface area (Å²) < 4.78 is 0. The number of aryl methyl sites for hydroxylation is 1. The zero-order chi connectivity index (χ0) is 12.3. The van der Waals surface area contributed by atoms with Crippen LogP contribution in [0.1, 0.15) is 21.6 Å². The van der Waals surface area contributed by atoms with E-state index in [-0.39, 0.29) is 5.91 Å². The van der Waals surface area contributed by atoms with Crippen molar-refractivity contribution in [1.29, 1.82) is 0 Å². The quantitative estimate of drug-likeness (QED) is 0.815. The fourth-order valence-electron chi connectivity index (χ4n) is 1.54. The second-order valence-corrected chi connectivity index (χ2v) is 4.51.